The van der Waals surface area contributed by atoms with E-state index in [0.717, 1.165) is 27.6 Å². The molecule has 0 saturated carbocycles. The van der Waals surface area contributed by atoms with Gasteiger partial charge in [-0.15, -0.1) is 0 Å². The monoisotopic (exact) mass is 322 g/mol. The third-order valence-electron chi connectivity index (χ3n) is 3.52. The molecule has 120 valence electrons. The highest BCUT2D eigenvalue weighted by Gasteiger charge is 2.11. The van der Waals surface area contributed by atoms with Gasteiger partial charge >= 0.3 is 12.1 Å². The van der Waals surface area contributed by atoms with Crippen molar-refractivity contribution in [3.63, 3.8) is 0 Å². The molecule has 0 amide bonds. The summed E-state index contributed by atoms with van der Waals surface area (Å²) < 4.78 is 5.21. The predicted molar refractivity (Wildman–Crippen MR) is 87.9 cm³/mol. The van der Waals surface area contributed by atoms with E-state index in [4.69, 9.17) is 14.3 Å². The molecule has 0 aliphatic heterocycles. The summed E-state index contributed by atoms with van der Waals surface area (Å²) in [6, 6.07) is 18.8. The van der Waals surface area contributed by atoms with Crippen LogP contribution >= 0.6 is 0 Å². The summed E-state index contributed by atoms with van der Waals surface area (Å²) in [5, 5.41) is 11.4. The van der Waals surface area contributed by atoms with Gasteiger partial charge in [-0.05, 0) is 46.2 Å². The fourth-order valence-electron chi connectivity index (χ4n) is 2.44. The summed E-state index contributed by atoms with van der Waals surface area (Å²) in [4.78, 5) is 27.6. The van der Waals surface area contributed by atoms with Crippen molar-refractivity contribution in [3.05, 3.63) is 66.2 Å². The summed E-state index contributed by atoms with van der Waals surface area (Å²) in [5.41, 5.74) is 1.93. The number of hydrogen-bond donors (Lipinski definition) is 1. The van der Waals surface area contributed by atoms with Gasteiger partial charge in [0.25, 0.3) is 0 Å². The van der Waals surface area contributed by atoms with Crippen molar-refractivity contribution < 1.29 is 24.2 Å². The molecule has 0 bridgehead atoms. The highest BCUT2D eigenvalue weighted by atomic mass is 16.5. The van der Waals surface area contributed by atoms with Crippen molar-refractivity contribution >= 4 is 22.9 Å². The lowest BCUT2D eigenvalue weighted by molar-refractivity contribution is -0.191. The number of aromatic carboxylic acids is 1. The van der Waals surface area contributed by atoms with Crippen LogP contribution < -0.4 is 4.74 Å². The Hall–Kier alpha value is -3.43. The van der Waals surface area contributed by atoms with Crippen LogP contribution in [0.25, 0.3) is 21.9 Å². The minimum Gasteiger partial charge on any atom is -0.497 e. The normalized spacial score (nSPS) is 9.54. The molecule has 24 heavy (non-hydrogen) atoms. The lowest BCUT2D eigenvalue weighted by Gasteiger charge is -2.08. The van der Waals surface area contributed by atoms with Crippen LogP contribution in [0.5, 0.6) is 5.75 Å². The van der Waals surface area contributed by atoms with Crippen LogP contribution in [0.3, 0.4) is 0 Å². The Morgan fingerprint density at radius 3 is 2.25 bits per heavy atom. The molecular formula is C19H14O5. The van der Waals surface area contributed by atoms with Crippen molar-refractivity contribution in [2.75, 3.05) is 7.11 Å². The number of carboxylic acids is 1. The molecule has 5 nitrogen and oxygen atoms in total. The number of benzene rings is 3. The van der Waals surface area contributed by atoms with Crippen LogP contribution in [-0.2, 0) is 9.59 Å². The second kappa shape index (κ2) is 7.72. The van der Waals surface area contributed by atoms with Crippen molar-refractivity contribution in [3.8, 4) is 16.9 Å². The average molecular weight is 322 g/mol. The van der Waals surface area contributed by atoms with Crippen LogP contribution in [0.1, 0.15) is 10.4 Å². The van der Waals surface area contributed by atoms with Crippen molar-refractivity contribution in [2.45, 2.75) is 0 Å². The molecule has 0 aromatic heterocycles. The van der Waals surface area contributed by atoms with E-state index < -0.39 is 5.97 Å². The fourth-order valence-corrected chi connectivity index (χ4v) is 2.44. The van der Waals surface area contributed by atoms with Gasteiger partial charge < -0.3 is 9.84 Å². The Labute approximate surface area is 138 Å². The number of ether oxygens (including phenoxy) is 1. The van der Waals surface area contributed by atoms with Crippen LogP contribution in [0, 0.1) is 0 Å². The van der Waals surface area contributed by atoms with Gasteiger partial charge in [0.2, 0.25) is 0 Å². The SMILES string of the molecule is COc1ccc2cc(-c3ccccc3C(=O)O)ccc2c1.O=C=O. The highest BCUT2D eigenvalue weighted by molar-refractivity contribution is 5.98. The summed E-state index contributed by atoms with van der Waals surface area (Å²) in [5.74, 6) is -0.110. The molecule has 0 fully saturated rings. The Morgan fingerprint density at radius 1 is 0.958 bits per heavy atom. The third kappa shape index (κ3) is 3.66. The standard InChI is InChI=1S/C18H14O3.CO2/c1-21-15-9-8-12-10-14(7-6-13(12)11-15)16-4-2-3-5-17(16)18(19)20;2-1-3/h2-11H,1H3,(H,19,20);. The fraction of sp³-hybridized carbons (Fsp3) is 0.0526. The smallest absolute Gasteiger partial charge is 0.373 e. The number of rotatable bonds is 3. The molecule has 0 unspecified atom stereocenters. The Morgan fingerprint density at radius 2 is 1.58 bits per heavy atom. The molecule has 5 heteroatoms. The van der Waals surface area contributed by atoms with Crippen molar-refractivity contribution in [1.82, 2.24) is 0 Å². The lowest BCUT2D eigenvalue weighted by Crippen LogP contribution is -1.98. The second-order valence-corrected chi connectivity index (χ2v) is 4.86. The summed E-state index contributed by atoms with van der Waals surface area (Å²) in [7, 11) is 1.64. The zero-order valence-corrected chi connectivity index (χ0v) is 12.9. The number of carboxylic acid groups (broad SMARTS) is 1. The average Bonchev–Trinajstić information content (AvgIpc) is 2.61. The topological polar surface area (TPSA) is 80.7 Å². The molecule has 0 aliphatic rings. The van der Waals surface area contributed by atoms with Gasteiger partial charge in [-0.25, -0.2) is 4.79 Å². The van der Waals surface area contributed by atoms with Gasteiger partial charge in [-0.3, -0.25) is 0 Å². The quantitative estimate of drug-likeness (QED) is 0.796. The minimum absolute atomic E-state index is 0.250. The van der Waals surface area contributed by atoms with E-state index >= 15 is 0 Å². The van der Waals surface area contributed by atoms with Crippen LogP contribution in [0.4, 0.5) is 0 Å². The van der Waals surface area contributed by atoms with Gasteiger partial charge in [-0.1, -0.05) is 36.4 Å². The van der Waals surface area contributed by atoms with Crippen LogP contribution in [0.2, 0.25) is 0 Å². The van der Waals surface area contributed by atoms with E-state index in [1.807, 2.05) is 48.5 Å². The molecule has 3 rings (SSSR count). The highest BCUT2D eigenvalue weighted by Crippen LogP contribution is 2.29. The molecule has 0 saturated heterocycles. The number of carbonyl (C=O) groups is 1. The van der Waals surface area contributed by atoms with E-state index in [1.165, 1.54) is 0 Å². The van der Waals surface area contributed by atoms with Gasteiger partial charge in [0.05, 0.1) is 12.7 Å². The molecule has 3 aromatic carbocycles. The first kappa shape index (κ1) is 16.9. The molecule has 0 heterocycles. The zero-order chi connectivity index (χ0) is 17.5. The molecule has 0 atom stereocenters. The maximum atomic E-state index is 11.3. The van der Waals surface area contributed by atoms with Gasteiger partial charge in [-0.2, -0.15) is 9.59 Å². The largest absolute Gasteiger partial charge is 0.497 e. The Balaban J connectivity index is 0.000000647. The molecule has 0 spiro atoms. The third-order valence-corrected chi connectivity index (χ3v) is 3.52. The van der Waals surface area contributed by atoms with Crippen LogP contribution in [0.15, 0.2) is 60.7 Å². The minimum atomic E-state index is -0.916. The van der Waals surface area contributed by atoms with E-state index in [2.05, 4.69) is 0 Å². The first-order chi connectivity index (χ1) is 11.6. The van der Waals surface area contributed by atoms with Gasteiger partial charge in [0.1, 0.15) is 5.75 Å². The number of hydrogen-bond acceptors (Lipinski definition) is 4. The second-order valence-electron chi connectivity index (χ2n) is 4.86. The van der Waals surface area contributed by atoms with E-state index in [-0.39, 0.29) is 6.15 Å². The summed E-state index contributed by atoms with van der Waals surface area (Å²) >= 11 is 0. The first-order valence-corrected chi connectivity index (χ1v) is 7.00. The number of carbonyl (C=O) groups excluding carboxylic acids is 2. The maximum absolute atomic E-state index is 11.3. The molecule has 0 aliphatic carbocycles. The maximum Gasteiger partial charge on any atom is 0.373 e. The van der Waals surface area contributed by atoms with E-state index in [1.54, 1.807) is 19.2 Å². The molecular weight excluding hydrogens is 308 g/mol. The van der Waals surface area contributed by atoms with Gasteiger partial charge in [0.15, 0.2) is 0 Å². The number of methoxy groups -OCH3 is 1. The van der Waals surface area contributed by atoms with Crippen molar-refractivity contribution in [1.29, 1.82) is 0 Å². The Kier molecular flexibility index (Phi) is 5.45. The zero-order valence-electron chi connectivity index (χ0n) is 12.9. The predicted octanol–water partition coefficient (Wildman–Crippen LogP) is 3.63. The van der Waals surface area contributed by atoms with E-state index in [9.17, 15) is 9.90 Å². The molecule has 1 N–H and O–H groups in total. The number of fused-ring (bicyclic) bond motifs is 1. The van der Waals surface area contributed by atoms with Gasteiger partial charge in [0, 0.05) is 0 Å². The Bertz CT molecular complexity index is 909. The molecule has 3 aromatic rings. The van der Waals surface area contributed by atoms with Crippen LogP contribution in [-0.4, -0.2) is 24.3 Å². The summed E-state index contributed by atoms with van der Waals surface area (Å²) in [6.45, 7) is 0. The first-order valence-electron chi connectivity index (χ1n) is 7.00. The van der Waals surface area contributed by atoms with E-state index in [0.29, 0.717) is 5.56 Å². The van der Waals surface area contributed by atoms with Crippen molar-refractivity contribution in [2.24, 2.45) is 0 Å². The summed E-state index contributed by atoms with van der Waals surface area (Å²) in [6.07, 6.45) is 0.250. The molecule has 0 radical (unpaired) electrons. The lowest BCUT2D eigenvalue weighted by atomic mass is 9.97.